The van der Waals surface area contributed by atoms with Crippen LogP contribution < -0.4 is 10.6 Å². The molecule has 0 aliphatic heterocycles. The molecule has 0 saturated carbocycles. The number of nitrogens with one attached hydrogen (secondary N) is 2. The zero-order valence-corrected chi connectivity index (χ0v) is 12.1. The first-order valence-corrected chi connectivity index (χ1v) is 6.49. The van der Waals surface area contributed by atoms with Gasteiger partial charge in [-0.05, 0) is 18.8 Å². The van der Waals surface area contributed by atoms with Crippen molar-refractivity contribution < 1.29 is 0 Å². The highest BCUT2D eigenvalue weighted by atomic mass is 32.1. The maximum Gasteiger partial charge on any atom is 0.0832 e. The Bertz CT molecular complexity index is 423. The summed E-state index contributed by atoms with van der Waals surface area (Å²) in [6, 6.07) is 0. The smallest absolute Gasteiger partial charge is 0.0832 e. The summed E-state index contributed by atoms with van der Waals surface area (Å²) in [6.45, 7) is 10.6. The van der Waals surface area contributed by atoms with Crippen LogP contribution in [0.25, 0.3) is 0 Å². The van der Waals surface area contributed by atoms with E-state index in [0.29, 0.717) is 5.41 Å². The fourth-order valence-electron chi connectivity index (χ4n) is 1.47. The molecular weight excluding hydrogens is 236 g/mol. The molecule has 90 valence electrons. The average molecular weight is 256 g/mol. The summed E-state index contributed by atoms with van der Waals surface area (Å²) in [5.41, 5.74) is 2.40. The Morgan fingerprint density at radius 3 is 1.94 bits per heavy atom. The molecule has 0 saturated heterocycles. The maximum atomic E-state index is 5.22. The Labute approximate surface area is 108 Å². The van der Waals surface area contributed by atoms with Crippen LogP contribution in [0.4, 0.5) is 11.4 Å². The van der Waals surface area contributed by atoms with E-state index in [9.17, 15) is 0 Å². The number of hydrogen-bond acceptors (Lipinski definition) is 4. The van der Waals surface area contributed by atoms with E-state index in [1.54, 1.807) is 0 Å². The molecule has 2 N–H and O–H groups in total. The van der Waals surface area contributed by atoms with Crippen molar-refractivity contribution in [3.8, 4) is 0 Å². The predicted molar refractivity (Wildman–Crippen MR) is 77.2 cm³/mol. The second-order valence-electron chi connectivity index (χ2n) is 5.18. The molecule has 1 aromatic carbocycles. The molecule has 0 radical (unpaired) electrons. The van der Waals surface area contributed by atoms with Crippen LogP contribution in [0.3, 0.4) is 0 Å². The first-order valence-electron chi connectivity index (χ1n) is 5.68. The Hall–Kier alpha value is -0.480. The molecule has 1 rings (SSSR count). The number of rotatable bonds is 5. The van der Waals surface area contributed by atoms with Gasteiger partial charge in [-0.2, -0.15) is 0 Å². The van der Waals surface area contributed by atoms with Crippen LogP contribution in [0.2, 0.25) is 0 Å². The fraction of sp³-hybridized carbons (Fsp3) is 0.667. The Kier molecular flexibility index (Phi) is 4.44. The molecular formula is C12H20N2S2. The van der Waals surface area contributed by atoms with Crippen molar-refractivity contribution >= 4 is 35.8 Å². The van der Waals surface area contributed by atoms with Crippen LogP contribution in [0.15, 0.2) is 0 Å². The lowest BCUT2D eigenvalue weighted by Gasteiger charge is -2.21. The third-order valence-corrected chi connectivity index (χ3v) is 3.39. The zero-order valence-electron chi connectivity index (χ0n) is 10.4. The van der Waals surface area contributed by atoms with E-state index < -0.39 is 0 Å². The van der Waals surface area contributed by atoms with Gasteiger partial charge < -0.3 is 10.6 Å². The number of anilines is 2. The summed E-state index contributed by atoms with van der Waals surface area (Å²) in [7, 11) is 0. The Balaban J connectivity index is 2.58. The molecule has 2 nitrogen and oxygen atoms in total. The van der Waals surface area contributed by atoms with Gasteiger partial charge >= 0.3 is 0 Å². The molecule has 1 aromatic rings. The van der Waals surface area contributed by atoms with Gasteiger partial charge in [-0.25, -0.2) is 0 Å². The maximum absolute atomic E-state index is 5.22. The van der Waals surface area contributed by atoms with Crippen molar-refractivity contribution in [2.75, 3.05) is 23.7 Å². The first-order chi connectivity index (χ1) is 7.37. The molecule has 0 aliphatic rings. The minimum atomic E-state index is 0.345. The molecule has 0 aliphatic carbocycles. The SMILES string of the molecule is CCNc1c(NCCC(C)(C)C)c(=S)c1=S. The third kappa shape index (κ3) is 3.25. The van der Waals surface area contributed by atoms with Gasteiger partial charge in [-0.3, -0.25) is 0 Å². The van der Waals surface area contributed by atoms with Crippen molar-refractivity contribution in [3.05, 3.63) is 9.02 Å². The van der Waals surface area contributed by atoms with Crippen LogP contribution >= 0.6 is 24.4 Å². The molecule has 0 fully saturated rings. The highest BCUT2D eigenvalue weighted by Gasteiger charge is 2.15. The van der Waals surface area contributed by atoms with Crippen LogP contribution in [-0.4, -0.2) is 13.1 Å². The fourth-order valence-corrected chi connectivity index (χ4v) is 2.02. The summed E-state index contributed by atoms with van der Waals surface area (Å²) in [6.07, 6.45) is 1.12. The normalized spacial score (nSPS) is 11.8. The van der Waals surface area contributed by atoms with Gasteiger partial charge in [0.25, 0.3) is 0 Å². The lowest BCUT2D eigenvalue weighted by atomic mass is 9.92. The summed E-state index contributed by atoms with van der Waals surface area (Å²) >= 11 is 10.4. The topological polar surface area (TPSA) is 24.1 Å². The van der Waals surface area contributed by atoms with Crippen LogP contribution in [-0.2, 0) is 0 Å². The van der Waals surface area contributed by atoms with Crippen LogP contribution in [0, 0.1) is 14.4 Å². The molecule has 16 heavy (non-hydrogen) atoms. The molecule has 0 aromatic heterocycles. The standard InChI is InChI=1S/C12H20N2S2/c1-5-13-8-9(11(16)10(8)15)14-7-6-12(2,3)4/h13-14H,5-7H2,1-4H3. The van der Waals surface area contributed by atoms with Crippen molar-refractivity contribution in [1.29, 1.82) is 0 Å². The first kappa shape index (κ1) is 13.6. The molecule has 0 spiro atoms. The van der Waals surface area contributed by atoms with Gasteiger partial charge in [-0.1, -0.05) is 45.2 Å². The molecule has 4 heteroatoms. The monoisotopic (exact) mass is 256 g/mol. The second-order valence-corrected chi connectivity index (χ2v) is 5.99. The van der Waals surface area contributed by atoms with Crippen molar-refractivity contribution in [2.45, 2.75) is 34.1 Å². The van der Waals surface area contributed by atoms with Crippen molar-refractivity contribution in [2.24, 2.45) is 5.41 Å². The Morgan fingerprint density at radius 2 is 1.50 bits per heavy atom. The minimum absolute atomic E-state index is 0.345. The Morgan fingerprint density at radius 1 is 1.00 bits per heavy atom. The van der Waals surface area contributed by atoms with Gasteiger partial charge in [-0.15, -0.1) is 0 Å². The average Bonchev–Trinajstić information content (AvgIpc) is 2.20. The molecule has 0 unspecified atom stereocenters. The van der Waals surface area contributed by atoms with E-state index in [0.717, 1.165) is 39.9 Å². The van der Waals surface area contributed by atoms with E-state index >= 15 is 0 Å². The van der Waals surface area contributed by atoms with E-state index in [1.807, 2.05) is 0 Å². The lowest BCUT2D eigenvalue weighted by Crippen LogP contribution is -2.15. The molecule has 0 bridgehead atoms. The van der Waals surface area contributed by atoms with E-state index in [-0.39, 0.29) is 0 Å². The summed E-state index contributed by atoms with van der Waals surface area (Å²) in [5.74, 6) is 0. The van der Waals surface area contributed by atoms with Crippen molar-refractivity contribution in [1.82, 2.24) is 0 Å². The van der Waals surface area contributed by atoms with Crippen molar-refractivity contribution in [3.63, 3.8) is 0 Å². The van der Waals surface area contributed by atoms with Crippen LogP contribution in [0.1, 0.15) is 34.1 Å². The van der Waals surface area contributed by atoms with Gasteiger partial charge in [0.05, 0.1) is 20.4 Å². The quantitative estimate of drug-likeness (QED) is 0.767. The lowest BCUT2D eigenvalue weighted by molar-refractivity contribution is 0.390. The largest absolute Gasteiger partial charge is 0.382 e. The van der Waals surface area contributed by atoms with Gasteiger partial charge in [0.1, 0.15) is 0 Å². The highest BCUT2D eigenvalue weighted by molar-refractivity contribution is 7.74. The van der Waals surface area contributed by atoms with Gasteiger partial charge in [0.2, 0.25) is 0 Å². The summed E-state index contributed by atoms with van der Waals surface area (Å²) in [5, 5.41) is 6.63. The summed E-state index contributed by atoms with van der Waals surface area (Å²) < 4.78 is 1.61. The van der Waals surface area contributed by atoms with E-state index in [2.05, 4.69) is 38.3 Å². The van der Waals surface area contributed by atoms with Crippen LogP contribution in [0.5, 0.6) is 0 Å². The van der Waals surface area contributed by atoms with E-state index in [1.165, 1.54) is 0 Å². The van der Waals surface area contributed by atoms with Gasteiger partial charge in [0.15, 0.2) is 0 Å². The molecule has 0 heterocycles. The number of hydrogen-bond donors (Lipinski definition) is 2. The molecule has 0 atom stereocenters. The summed E-state index contributed by atoms with van der Waals surface area (Å²) in [4.78, 5) is 0. The van der Waals surface area contributed by atoms with Gasteiger partial charge in [0, 0.05) is 13.1 Å². The van der Waals surface area contributed by atoms with E-state index in [4.69, 9.17) is 24.4 Å². The minimum Gasteiger partial charge on any atom is -0.382 e. The molecule has 0 amide bonds. The zero-order chi connectivity index (χ0) is 12.3. The second kappa shape index (κ2) is 5.23. The predicted octanol–water partition coefficient (Wildman–Crippen LogP) is 4.30. The third-order valence-electron chi connectivity index (χ3n) is 2.44. The highest BCUT2D eigenvalue weighted by Crippen LogP contribution is 2.32.